The summed E-state index contributed by atoms with van der Waals surface area (Å²) >= 11 is 0.536. The molecule has 0 aromatic heterocycles. The molecule has 2 aromatic carbocycles. The maximum Gasteiger partial charge on any atom is 0.164 e. The predicted octanol–water partition coefficient (Wildman–Crippen LogP) is -0.421. The van der Waals surface area contributed by atoms with Crippen LogP contribution >= 0.6 is 11.8 Å². The molecule has 0 radical (unpaired) electrons. The average Bonchev–Trinajstić information content (AvgIpc) is 2.94. The van der Waals surface area contributed by atoms with Crippen molar-refractivity contribution in [1.82, 2.24) is 0 Å². The highest BCUT2D eigenvalue weighted by Crippen LogP contribution is 2.49. The number of nitrogens with one attached hydrogen (secondary N) is 2. The van der Waals surface area contributed by atoms with Gasteiger partial charge in [-0.2, -0.15) is 0 Å². The molecule has 216 valence electrons. The minimum atomic E-state index is -2.17. The van der Waals surface area contributed by atoms with Crippen LogP contribution in [0.1, 0.15) is 0 Å². The molecule has 2 heterocycles. The third-order valence-corrected chi connectivity index (χ3v) is 8.69. The third kappa shape index (κ3) is 6.06. The molecule has 2 aliphatic rings. The Labute approximate surface area is 230 Å². The first-order chi connectivity index (χ1) is 18.7. The van der Waals surface area contributed by atoms with Crippen LogP contribution in [0.2, 0.25) is 0 Å². The number of rotatable bonds is 10. The molecule has 39 heavy (non-hydrogen) atoms. The summed E-state index contributed by atoms with van der Waals surface area (Å²) in [5.41, 5.74) is 1.05. The van der Waals surface area contributed by atoms with Crippen LogP contribution in [-0.4, -0.2) is 118 Å². The molecular formula is C26H36N2O10S. The zero-order chi connectivity index (χ0) is 28.2. The minimum absolute atomic E-state index is 0.198. The van der Waals surface area contributed by atoms with Gasteiger partial charge < -0.3 is 60.2 Å². The second kappa shape index (κ2) is 12.5. The van der Waals surface area contributed by atoms with Crippen molar-refractivity contribution in [2.24, 2.45) is 0 Å². The van der Waals surface area contributed by atoms with Gasteiger partial charge in [-0.3, -0.25) is 0 Å². The van der Waals surface area contributed by atoms with Crippen LogP contribution < -0.4 is 20.1 Å². The molecule has 0 spiro atoms. The van der Waals surface area contributed by atoms with E-state index >= 15 is 0 Å². The lowest BCUT2D eigenvalue weighted by Crippen LogP contribution is -2.71. The summed E-state index contributed by atoms with van der Waals surface area (Å²) in [6, 6.07) is 11.2. The molecular weight excluding hydrogens is 532 g/mol. The molecule has 2 saturated heterocycles. The van der Waals surface area contributed by atoms with Crippen molar-refractivity contribution < 1.29 is 49.6 Å². The lowest BCUT2D eigenvalue weighted by Gasteiger charge is -2.54. The highest BCUT2D eigenvalue weighted by atomic mass is 32.2. The Hall–Kier alpha value is -2.33. The average molecular weight is 569 g/mol. The zero-order valence-electron chi connectivity index (χ0n) is 21.6. The molecule has 0 bridgehead atoms. The molecule has 12 nitrogen and oxygen atoms in total. The molecule has 8 atom stereocenters. The Bertz CT molecular complexity index is 980. The van der Waals surface area contributed by atoms with Crippen LogP contribution in [0.25, 0.3) is 0 Å². The van der Waals surface area contributed by atoms with E-state index in [9.17, 15) is 30.6 Å². The number of aliphatic hydroxyl groups excluding tert-OH is 4. The smallest absolute Gasteiger partial charge is 0.164 e. The lowest BCUT2D eigenvalue weighted by molar-refractivity contribution is -0.174. The number of thioether (sulfide) groups is 1. The molecule has 8 N–H and O–H groups in total. The van der Waals surface area contributed by atoms with Crippen molar-refractivity contribution in [2.45, 2.75) is 46.4 Å². The predicted molar refractivity (Wildman–Crippen MR) is 144 cm³/mol. The summed E-state index contributed by atoms with van der Waals surface area (Å²) in [6.45, 7) is -1.68. The molecule has 0 saturated carbocycles. The fourth-order valence-electron chi connectivity index (χ4n) is 4.83. The second-order valence-electron chi connectivity index (χ2n) is 9.45. The normalized spacial score (nSPS) is 34.8. The third-order valence-electron chi connectivity index (χ3n) is 7.00. The first-order valence-electron chi connectivity index (χ1n) is 12.5. The number of anilines is 2. The van der Waals surface area contributed by atoms with E-state index < -0.39 is 59.6 Å². The van der Waals surface area contributed by atoms with Crippen molar-refractivity contribution in [3.05, 3.63) is 48.5 Å². The summed E-state index contributed by atoms with van der Waals surface area (Å²) < 4.78 is 21.5. The fraction of sp³-hybridized carbons (Fsp3) is 0.538. The van der Waals surface area contributed by atoms with Gasteiger partial charge >= 0.3 is 0 Å². The molecule has 0 unspecified atom stereocenters. The Morgan fingerprint density at radius 2 is 1.10 bits per heavy atom. The van der Waals surface area contributed by atoms with E-state index in [-0.39, 0.29) is 13.2 Å². The monoisotopic (exact) mass is 568 g/mol. The van der Waals surface area contributed by atoms with Gasteiger partial charge in [0.2, 0.25) is 0 Å². The number of methoxy groups -OCH3 is 2. The molecule has 4 rings (SSSR count). The van der Waals surface area contributed by atoms with Gasteiger partial charge in [0.15, 0.2) is 9.87 Å². The Balaban J connectivity index is 1.70. The summed E-state index contributed by atoms with van der Waals surface area (Å²) in [5.74, 6) is 1.21. The lowest BCUT2D eigenvalue weighted by atomic mass is 9.95. The van der Waals surface area contributed by atoms with Crippen molar-refractivity contribution in [3.8, 4) is 11.5 Å². The highest BCUT2D eigenvalue weighted by Gasteiger charge is 2.62. The minimum Gasteiger partial charge on any atom is -0.497 e. The van der Waals surface area contributed by atoms with E-state index in [1.54, 1.807) is 48.5 Å². The van der Waals surface area contributed by atoms with Crippen LogP contribution in [-0.2, 0) is 9.47 Å². The van der Waals surface area contributed by atoms with E-state index in [0.717, 1.165) is 0 Å². The number of aliphatic hydroxyl groups is 6. The molecule has 2 aliphatic heterocycles. The van der Waals surface area contributed by atoms with Gasteiger partial charge in [0, 0.05) is 11.4 Å². The molecule has 0 amide bonds. The summed E-state index contributed by atoms with van der Waals surface area (Å²) in [6.07, 6.45) is -5.03. The topological polar surface area (TPSA) is 182 Å². The van der Waals surface area contributed by atoms with Crippen LogP contribution in [0, 0.1) is 0 Å². The first-order valence-corrected chi connectivity index (χ1v) is 13.3. The quantitative estimate of drug-likeness (QED) is 0.173. The maximum atomic E-state index is 12.1. The van der Waals surface area contributed by atoms with Crippen molar-refractivity contribution in [3.63, 3.8) is 0 Å². The SMILES string of the molecule is COc1ccc(N[C@H]2[C@@H](O)CO[C@H](CO)[C@]2(O)S[C@@]2(O)[C@@H](CO)OC[C@H](O)[C@@H]2Nc2ccc(OC)cc2)cc1. The first kappa shape index (κ1) is 29.6. The van der Waals surface area contributed by atoms with Gasteiger partial charge in [-0.05, 0) is 48.5 Å². The molecule has 13 heteroatoms. The maximum absolute atomic E-state index is 12.1. The fourth-order valence-corrected chi connectivity index (χ4v) is 6.59. The van der Waals surface area contributed by atoms with Crippen LogP contribution in [0.3, 0.4) is 0 Å². The second-order valence-corrected chi connectivity index (χ2v) is 11.0. The van der Waals surface area contributed by atoms with Gasteiger partial charge in [-0.15, -0.1) is 0 Å². The molecule has 0 aliphatic carbocycles. The van der Waals surface area contributed by atoms with Crippen LogP contribution in [0.5, 0.6) is 11.5 Å². The van der Waals surface area contributed by atoms with Gasteiger partial charge in [0.05, 0.1) is 52.7 Å². The van der Waals surface area contributed by atoms with Gasteiger partial charge in [0.25, 0.3) is 0 Å². The largest absolute Gasteiger partial charge is 0.497 e. The van der Waals surface area contributed by atoms with Gasteiger partial charge in [-0.1, -0.05) is 11.8 Å². The van der Waals surface area contributed by atoms with Crippen molar-refractivity contribution >= 4 is 23.1 Å². The van der Waals surface area contributed by atoms with E-state index in [2.05, 4.69) is 10.6 Å². The number of ether oxygens (including phenoxy) is 4. The van der Waals surface area contributed by atoms with Gasteiger partial charge in [-0.25, -0.2) is 0 Å². The standard InChI is InChI=1S/C26H36N2O10S/c1-35-17-7-3-15(4-8-17)27-23-19(31)13-37-21(11-29)25(23,33)39-26(34)22(12-30)38-14-20(32)24(26)28-16-5-9-18(36-2)10-6-16/h3-10,19-24,27-34H,11-14H2,1-2H3/t19-,20-,21+,22+,23-,24-,25-,26-/m0/s1. The van der Waals surface area contributed by atoms with E-state index in [1.165, 1.54) is 14.2 Å². The zero-order valence-corrected chi connectivity index (χ0v) is 22.5. The summed E-state index contributed by atoms with van der Waals surface area (Å²) in [4.78, 5) is -4.34. The summed E-state index contributed by atoms with van der Waals surface area (Å²) in [7, 11) is 3.06. The van der Waals surface area contributed by atoms with Crippen LogP contribution in [0.4, 0.5) is 11.4 Å². The number of hydrogen-bond acceptors (Lipinski definition) is 13. The van der Waals surface area contributed by atoms with E-state index in [4.69, 9.17) is 18.9 Å². The van der Waals surface area contributed by atoms with E-state index in [1.807, 2.05) is 0 Å². The Morgan fingerprint density at radius 1 is 0.744 bits per heavy atom. The number of benzene rings is 2. The Morgan fingerprint density at radius 3 is 1.41 bits per heavy atom. The van der Waals surface area contributed by atoms with E-state index in [0.29, 0.717) is 34.6 Å². The van der Waals surface area contributed by atoms with Crippen LogP contribution in [0.15, 0.2) is 48.5 Å². The number of hydrogen-bond donors (Lipinski definition) is 8. The van der Waals surface area contributed by atoms with Gasteiger partial charge in [0.1, 0.15) is 35.9 Å². The van der Waals surface area contributed by atoms with Crippen molar-refractivity contribution in [1.29, 1.82) is 0 Å². The van der Waals surface area contributed by atoms with Crippen molar-refractivity contribution in [2.75, 3.05) is 51.3 Å². The Kier molecular flexibility index (Phi) is 9.47. The highest BCUT2D eigenvalue weighted by molar-refractivity contribution is 8.01. The summed E-state index contributed by atoms with van der Waals surface area (Å²) in [5, 5.41) is 72.5. The molecule has 2 fully saturated rings. The molecule has 2 aromatic rings.